The molecule has 1 N–H and O–H groups in total. The number of thiazole rings is 1. The highest BCUT2D eigenvalue weighted by molar-refractivity contribution is 7.18. The van der Waals surface area contributed by atoms with Crippen LogP contribution >= 0.6 is 11.3 Å². The van der Waals surface area contributed by atoms with Crippen molar-refractivity contribution in [3.8, 4) is 0 Å². The highest BCUT2D eigenvalue weighted by Crippen LogP contribution is 2.22. The number of hydrogen-bond acceptors (Lipinski definition) is 3. The molecule has 3 rings (SSSR count). The minimum Gasteiger partial charge on any atom is -0.343 e. The zero-order valence-corrected chi connectivity index (χ0v) is 12.5. The molecule has 0 saturated carbocycles. The van der Waals surface area contributed by atoms with E-state index in [1.807, 2.05) is 6.07 Å². The molecule has 0 saturated heterocycles. The maximum absolute atomic E-state index is 4.70. The van der Waals surface area contributed by atoms with E-state index in [0.29, 0.717) is 0 Å². The first kappa shape index (κ1) is 13.3. The van der Waals surface area contributed by atoms with Crippen molar-refractivity contribution >= 4 is 21.6 Å². The molecule has 0 radical (unpaired) electrons. The molecule has 0 aliphatic heterocycles. The van der Waals surface area contributed by atoms with Gasteiger partial charge >= 0.3 is 0 Å². The quantitative estimate of drug-likeness (QED) is 0.701. The van der Waals surface area contributed by atoms with Crippen molar-refractivity contribution in [3.05, 3.63) is 53.3 Å². The summed E-state index contributed by atoms with van der Waals surface area (Å²) in [6.45, 7) is 5.03. The maximum atomic E-state index is 4.70. The second-order valence-electron chi connectivity index (χ2n) is 4.88. The van der Waals surface area contributed by atoms with E-state index in [-0.39, 0.29) is 0 Å². The number of aromatic nitrogens is 2. The average molecular weight is 285 g/mol. The smallest absolute Gasteiger partial charge is 0.114 e. The Morgan fingerprint density at radius 2 is 2.10 bits per heavy atom. The van der Waals surface area contributed by atoms with E-state index in [4.69, 9.17) is 4.98 Å². The third kappa shape index (κ3) is 2.92. The third-order valence-corrected chi connectivity index (χ3v) is 4.32. The third-order valence-electron chi connectivity index (χ3n) is 3.30. The zero-order valence-electron chi connectivity index (χ0n) is 11.7. The summed E-state index contributed by atoms with van der Waals surface area (Å²) in [5, 5.41) is 4.62. The van der Waals surface area contributed by atoms with Gasteiger partial charge in [0.1, 0.15) is 5.01 Å². The maximum Gasteiger partial charge on any atom is 0.114 e. The van der Waals surface area contributed by atoms with E-state index in [1.54, 1.807) is 11.3 Å². The molecule has 1 aromatic carbocycles. The molecule has 0 spiro atoms. The van der Waals surface area contributed by atoms with Crippen LogP contribution in [0.15, 0.2) is 42.6 Å². The fourth-order valence-electron chi connectivity index (χ4n) is 2.29. The van der Waals surface area contributed by atoms with Gasteiger partial charge in [-0.15, -0.1) is 11.3 Å². The monoisotopic (exact) mass is 285 g/mol. The minimum absolute atomic E-state index is 0.857. The van der Waals surface area contributed by atoms with Gasteiger partial charge in [0, 0.05) is 18.4 Å². The summed E-state index contributed by atoms with van der Waals surface area (Å²) < 4.78 is 3.54. The van der Waals surface area contributed by atoms with Gasteiger partial charge in [0.15, 0.2) is 0 Å². The average Bonchev–Trinajstić information content (AvgIpc) is 3.06. The molecule has 0 amide bonds. The van der Waals surface area contributed by atoms with Gasteiger partial charge in [-0.3, -0.25) is 0 Å². The van der Waals surface area contributed by atoms with Crippen LogP contribution in [0.3, 0.4) is 0 Å². The first-order valence-corrected chi connectivity index (χ1v) is 7.87. The number of hydrogen-bond donors (Lipinski definition) is 1. The van der Waals surface area contributed by atoms with Crippen molar-refractivity contribution in [2.45, 2.75) is 26.4 Å². The Balaban J connectivity index is 1.75. The summed E-state index contributed by atoms with van der Waals surface area (Å²) in [4.78, 5) is 4.70. The van der Waals surface area contributed by atoms with Crippen molar-refractivity contribution < 1.29 is 0 Å². The second-order valence-corrected chi connectivity index (χ2v) is 5.99. The van der Waals surface area contributed by atoms with E-state index >= 15 is 0 Å². The van der Waals surface area contributed by atoms with Crippen LogP contribution in [0.25, 0.3) is 10.2 Å². The lowest BCUT2D eigenvalue weighted by molar-refractivity contribution is 0.630. The lowest BCUT2D eigenvalue weighted by Crippen LogP contribution is -2.16. The Morgan fingerprint density at radius 3 is 2.95 bits per heavy atom. The van der Waals surface area contributed by atoms with Gasteiger partial charge in [-0.1, -0.05) is 19.1 Å². The molecule has 2 aromatic heterocycles. The normalized spacial score (nSPS) is 11.2. The van der Waals surface area contributed by atoms with E-state index in [0.717, 1.165) is 25.2 Å². The Kier molecular flexibility index (Phi) is 4.14. The standard InChI is InChI=1S/C16H19N3S/c1-2-9-17-11-13-6-5-10-19(13)12-16-18-14-7-3-4-8-15(14)20-16/h3-8,10,17H,2,9,11-12H2,1H3. The lowest BCUT2D eigenvalue weighted by atomic mass is 10.3. The van der Waals surface area contributed by atoms with Crippen LogP contribution in [0.2, 0.25) is 0 Å². The van der Waals surface area contributed by atoms with Crippen LogP contribution < -0.4 is 5.32 Å². The van der Waals surface area contributed by atoms with Crippen molar-refractivity contribution in [2.75, 3.05) is 6.54 Å². The fraction of sp³-hybridized carbons (Fsp3) is 0.312. The van der Waals surface area contributed by atoms with Crippen molar-refractivity contribution in [2.24, 2.45) is 0 Å². The molecule has 0 atom stereocenters. The van der Waals surface area contributed by atoms with Crippen LogP contribution in [0.4, 0.5) is 0 Å². The molecule has 4 heteroatoms. The SMILES string of the molecule is CCCNCc1cccn1Cc1nc2ccccc2s1. The van der Waals surface area contributed by atoms with Crippen LogP contribution in [0.1, 0.15) is 24.0 Å². The van der Waals surface area contributed by atoms with E-state index < -0.39 is 0 Å². The number of nitrogens with one attached hydrogen (secondary N) is 1. The molecule has 3 nitrogen and oxygen atoms in total. The van der Waals surface area contributed by atoms with E-state index in [9.17, 15) is 0 Å². The Labute approximate surface area is 123 Å². The van der Waals surface area contributed by atoms with Gasteiger partial charge in [-0.25, -0.2) is 4.98 Å². The molecule has 0 aliphatic rings. The summed E-state index contributed by atoms with van der Waals surface area (Å²) >= 11 is 1.78. The molecular formula is C16H19N3S. The summed E-state index contributed by atoms with van der Waals surface area (Å²) in [6, 6.07) is 12.6. The number of benzene rings is 1. The van der Waals surface area contributed by atoms with Crippen molar-refractivity contribution in [3.63, 3.8) is 0 Å². The van der Waals surface area contributed by atoms with Crippen molar-refractivity contribution in [1.29, 1.82) is 0 Å². The highest BCUT2D eigenvalue weighted by atomic mass is 32.1. The van der Waals surface area contributed by atoms with E-state index in [2.05, 4.69) is 53.3 Å². The Hall–Kier alpha value is -1.65. The Morgan fingerprint density at radius 1 is 1.20 bits per heavy atom. The predicted molar refractivity (Wildman–Crippen MR) is 85.2 cm³/mol. The van der Waals surface area contributed by atoms with Crippen molar-refractivity contribution in [1.82, 2.24) is 14.9 Å². The van der Waals surface area contributed by atoms with Crippen LogP contribution in [-0.2, 0) is 13.1 Å². The van der Waals surface area contributed by atoms with Gasteiger partial charge in [0.05, 0.1) is 16.8 Å². The summed E-state index contributed by atoms with van der Waals surface area (Å²) in [5.74, 6) is 0. The molecule has 2 heterocycles. The van der Waals surface area contributed by atoms with Gasteiger partial charge < -0.3 is 9.88 Å². The number of nitrogens with zero attached hydrogens (tertiary/aromatic N) is 2. The highest BCUT2D eigenvalue weighted by Gasteiger charge is 2.06. The van der Waals surface area contributed by atoms with Crippen LogP contribution in [0, 0.1) is 0 Å². The first-order chi connectivity index (χ1) is 9.86. The molecule has 0 bridgehead atoms. The van der Waals surface area contributed by atoms with Gasteiger partial charge in [-0.05, 0) is 37.2 Å². The lowest BCUT2D eigenvalue weighted by Gasteiger charge is -2.08. The summed E-state index contributed by atoms with van der Waals surface area (Å²) in [6.07, 6.45) is 3.30. The number of fused-ring (bicyclic) bond motifs is 1. The predicted octanol–water partition coefficient (Wildman–Crippen LogP) is 3.65. The molecular weight excluding hydrogens is 266 g/mol. The molecule has 0 unspecified atom stereocenters. The topological polar surface area (TPSA) is 29.9 Å². The molecule has 0 fully saturated rings. The van der Waals surface area contributed by atoms with Gasteiger partial charge in [-0.2, -0.15) is 0 Å². The number of para-hydroxylation sites is 1. The summed E-state index contributed by atoms with van der Waals surface area (Å²) in [5.41, 5.74) is 2.42. The molecule has 0 aliphatic carbocycles. The van der Waals surface area contributed by atoms with Gasteiger partial charge in [0.2, 0.25) is 0 Å². The fourth-order valence-corrected chi connectivity index (χ4v) is 3.26. The zero-order chi connectivity index (χ0) is 13.8. The van der Waals surface area contributed by atoms with Crippen LogP contribution in [0.5, 0.6) is 0 Å². The van der Waals surface area contributed by atoms with E-state index in [1.165, 1.54) is 21.8 Å². The van der Waals surface area contributed by atoms with Gasteiger partial charge in [0.25, 0.3) is 0 Å². The number of rotatable bonds is 6. The minimum atomic E-state index is 0.857. The molecule has 20 heavy (non-hydrogen) atoms. The largest absolute Gasteiger partial charge is 0.343 e. The molecule has 3 aromatic rings. The molecule has 104 valence electrons. The second kappa shape index (κ2) is 6.20. The Bertz CT molecular complexity index is 651. The van der Waals surface area contributed by atoms with Crippen LogP contribution in [-0.4, -0.2) is 16.1 Å². The summed E-state index contributed by atoms with van der Waals surface area (Å²) in [7, 11) is 0. The first-order valence-electron chi connectivity index (χ1n) is 7.06.